The molecule has 0 saturated carbocycles. The van der Waals surface area contributed by atoms with E-state index in [0.717, 1.165) is 0 Å². The Kier molecular flexibility index (Phi) is 4.88. The molecule has 23 heavy (non-hydrogen) atoms. The Morgan fingerprint density at radius 2 is 2.04 bits per heavy atom. The van der Waals surface area contributed by atoms with Gasteiger partial charge in [-0.1, -0.05) is 13.8 Å². The summed E-state index contributed by atoms with van der Waals surface area (Å²) in [7, 11) is 0. The van der Waals surface area contributed by atoms with Crippen LogP contribution in [-0.4, -0.2) is 36.0 Å². The molecule has 1 aromatic carbocycles. The van der Waals surface area contributed by atoms with Gasteiger partial charge in [0.15, 0.2) is 6.61 Å². The van der Waals surface area contributed by atoms with Crippen LogP contribution in [0.15, 0.2) is 18.2 Å². The van der Waals surface area contributed by atoms with Crippen LogP contribution < -0.4 is 15.4 Å². The number of hydrogen-bond donors (Lipinski definition) is 3. The Morgan fingerprint density at radius 1 is 1.35 bits per heavy atom. The van der Waals surface area contributed by atoms with Crippen molar-refractivity contribution in [2.45, 2.75) is 26.7 Å². The summed E-state index contributed by atoms with van der Waals surface area (Å²) in [5.74, 6) is -1.09. The number of amides is 2. The van der Waals surface area contributed by atoms with Crippen LogP contribution in [0.25, 0.3) is 0 Å². The Hall–Kier alpha value is -2.57. The van der Waals surface area contributed by atoms with E-state index < -0.39 is 11.4 Å². The Labute approximate surface area is 134 Å². The second-order valence-corrected chi connectivity index (χ2v) is 5.52. The van der Waals surface area contributed by atoms with Gasteiger partial charge >= 0.3 is 5.97 Å². The van der Waals surface area contributed by atoms with Gasteiger partial charge in [0.2, 0.25) is 0 Å². The Morgan fingerprint density at radius 3 is 2.65 bits per heavy atom. The molecule has 0 spiro atoms. The minimum atomic E-state index is -0.971. The fourth-order valence-electron chi connectivity index (χ4n) is 2.45. The van der Waals surface area contributed by atoms with E-state index >= 15 is 0 Å². The first-order valence-electron chi connectivity index (χ1n) is 7.50. The molecule has 0 bridgehead atoms. The number of nitrogens with one attached hydrogen (secondary N) is 2. The lowest BCUT2D eigenvalue weighted by Crippen LogP contribution is -2.42. The average molecular weight is 320 g/mol. The molecule has 0 aliphatic carbocycles. The van der Waals surface area contributed by atoms with E-state index in [-0.39, 0.29) is 25.0 Å². The average Bonchev–Trinajstić information content (AvgIpc) is 2.55. The summed E-state index contributed by atoms with van der Waals surface area (Å²) in [5.41, 5.74) is -0.202. The van der Waals surface area contributed by atoms with Crippen molar-refractivity contribution in [1.82, 2.24) is 5.32 Å². The summed E-state index contributed by atoms with van der Waals surface area (Å²) in [5, 5.41) is 14.7. The number of carboxylic acid groups (broad SMARTS) is 1. The molecular weight excluding hydrogens is 300 g/mol. The molecule has 0 atom stereocenters. The second kappa shape index (κ2) is 6.68. The summed E-state index contributed by atoms with van der Waals surface area (Å²) in [6, 6.07) is 4.70. The number of benzene rings is 1. The van der Waals surface area contributed by atoms with Crippen LogP contribution in [-0.2, 0) is 9.59 Å². The quantitative estimate of drug-likeness (QED) is 0.739. The topological polar surface area (TPSA) is 105 Å². The predicted octanol–water partition coefficient (Wildman–Crippen LogP) is 1.64. The van der Waals surface area contributed by atoms with Crippen LogP contribution in [0.4, 0.5) is 5.69 Å². The van der Waals surface area contributed by atoms with Gasteiger partial charge in [-0.05, 0) is 31.0 Å². The molecule has 0 unspecified atom stereocenters. The van der Waals surface area contributed by atoms with Crippen molar-refractivity contribution in [1.29, 1.82) is 0 Å². The maximum atomic E-state index is 12.3. The Balaban J connectivity index is 2.11. The van der Waals surface area contributed by atoms with Gasteiger partial charge in [0.1, 0.15) is 5.75 Å². The number of rotatable bonds is 6. The lowest BCUT2D eigenvalue weighted by Gasteiger charge is -2.27. The molecule has 7 nitrogen and oxygen atoms in total. The van der Waals surface area contributed by atoms with Gasteiger partial charge < -0.3 is 20.5 Å². The number of ether oxygens (including phenoxy) is 1. The zero-order valence-electron chi connectivity index (χ0n) is 13.1. The smallest absolute Gasteiger partial charge is 0.311 e. The number of fused-ring (bicyclic) bond motifs is 1. The summed E-state index contributed by atoms with van der Waals surface area (Å²) < 4.78 is 5.23. The highest BCUT2D eigenvalue weighted by Gasteiger charge is 2.35. The Bertz CT molecular complexity index is 637. The van der Waals surface area contributed by atoms with Crippen molar-refractivity contribution >= 4 is 23.5 Å². The monoisotopic (exact) mass is 320 g/mol. The molecule has 0 fully saturated rings. The second-order valence-electron chi connectivity index (χ2n) is 5.52. The minimum absolute atomic E-state index is 0.0489. The molecular formula is C16H20N2O5. The fraction of sp³-hybridized carbons (Fsp3) is 0.438. The molecule has 7 heteroatoms. The zero-order valence-corrected chi connectivity index (χ0v) is 13.1. The molecule has 1 aliphatic rings. The minimum Gasteiger partial charge on any atom is -0.482 e. The summed E-state index contributed by atoms with van der Waals surface area (Å²) >= 11 is 0. The van der Waals surface area contributed by atoms with E-state index in [0.29, 0.717) is 29.8 Å². The van der Waals surface area contributed by atoms with E-state index in [2.05, 4.69) is 10.6 Å². The molecule has 1 heterocycles. The van der Waals surface area contributed by atoms with Crippen LogP contribution in [0.1, 0.15) is 37.0 Å². The van der Waals surface area contributed by atoms with Crippen LogP contribution in [0, 0.1) is 5.41 Å². The van der Waals surface area contributed by atoms with Crippen LogP contribution in [0.5, 0.6) is 5.75 Å². The zero-order chi connectivity index (χ0) is 17.0. The highest BCUT2D eigenvalue weighted by atomic mass is 16.5. The molecule has 1 aromatic rings. The highest BCUT2D eigenvalue weighted by Crippen LogP contribution is 2.29. The molecule has 2 amide bonds. The van der Waals surface area contributed by atoms with Gasteiger partial charge in [-0.3, -0.25) is 14.4 Å². The number of carbonyl (C=O) groups is 3. The van der Waals surface area contributed by atoms with Gasteiger partial charge in [0.05, 0.1) is 11.1 Å². The summed E-state index contributed by atoms with van der Waals surface area (Å²) in [6.45, 7) is 3.58. The molecule has 0 saturated heterocycles. The molecule has 0 aromatic heterocycles. The van der Waals surface area contributed by atoms with E-state index in [1.54, 1.807) is 26.0 Å². The maximum absolute atomic E-state index is 12.3. The van der Waals surface area contributed by atoms with Crippen LogP contribution >= 0.6 is 0 Å². The van der Waals surface area contributed by atoms with E-state index in [9.17, 15) is 19.5 Å². The first-order chi connectivity index (χ1) is 10.9. The third-order valence-electron chi connectivity index (χ3n) is 4.27. The maximum Gasteiger partial charge on any atom is 0.311 e. The van der Waals surface area contributed by atoms with Gasteiger partial charge in [-0.25, -0.2) is 0 Å². The normalized spacial score (nSPS) is 13.6. The number of anilines is 1. The largest absolute Gasteiger partial charge is 0.482 e. The van der Waals surface area contributed by atoms with Gasteiger partial charge in [-0.15, -0.1) is 0 Å². The van der Waals surface area contributed by atoms with Crippen molar-refractivity contribution in [2.24, 2.45) is 5.41 Å². The first-order valence-corrected chi connectivity index (χ1v) is 7.50. The molecule has 0 radical (unpaired) electrons. The van der Waals surface area contributed by atoms with E-state index in [1.165, 1.54) is 6.07 Å². The van der Waals surface area contributed by atoms with Crippen molar-refractivity contribution < 1.29 is 24.2 Å². The van der Waals surface area contributed by atoms with E-state index in [1.807, 2.05) is 0 Å². The third-order valence-corrected chi connectivity index (χ3v) is 4.27. The van der Waals surface area contributed by atoms with Gasteiger partial charge in [-0.2, -0.15) is 0 Å². The number of hydrogen-bond acceptors (Lipinski definition) is 4. The van der Waals surface area contributed by atoms with Crippen LogP contribution in [0.2, 0.25) is 0 Å². The standard InChI is InChI=1S/C16H20N2O5/c1-3-16(4-2,15(21)22)9-17-14(20)10-5-6-12-11(7-10)18-13(19)8-23-12/h5-7H,3-4,8-9H2,1-2H3,(H,17,20)(H,18,19)(H,21,22). The molecule has 2 rings (SSSR count). The van der Waals surface area contributed by atoms with E-state index in [4.69, 9.17) is 4.74 Å². The summed E-state index contributed by atoms with van der Waals surface area (Å²) in [4.78, 5) is 35.0. The number of aliphatic carboxylic acids is 1. The van der Waals surface area contributed by atoms with Gasteiger partial charge in [0, 0.05) is 12.1 Å². The predicted molar refractivity (Wildman–Crippen MR) is 83.6 cm³/mol. The summed E-state index contributed by atoms with van der Waals surface area (Å²) in [6.07, 6.45) is 0.848. The van der Waals surface area contributed by atoms with Crippen molar-refractivity contribution in [3.8, 4) is 5.75 Å². The number of carboxylic acids is 1. The lowest BCUT2D eigenvalue weighted by molar-refractivity contribution is -0.149. The molecule has 3 N–H and O–H groups in total. The third kappa shape index (κ3) is 3.44. The number of carbonyl (C=O) groups excluding carboxylic acids is 2. The van der Waals surface area contributed by atoms with Crippen molar-refractivity contribution in [2.75, 3.05) is 18.5 Å². The first kappa shape index (κ1) is 16.8. The highest BCUT2D eigenvalue weighted by molar-refractivity contribution is 6.00. The fourth-order valence-corrected chi connectivity index (χ4v) is 2.45. The van der Waals surface area contributed by atoms with Crippen molar-refractivity contribution in [3.05, 3.63) is 23.8 Å². The van der Waals surface area contributed by atoms with Crippen LogP contribution in [0.3, 0.4) is 0 Å². The molecule has 1 aliphatic heterocycles. The lowest BCUT2D eigenvalue weighted by atomic mass is 9.82. The SMILES string of the molecule is CCC(CC)(CNC(=O)c1ccc2c(c1)NC(=O)CO2)C(=O)O. The van der Waals surface area contributed by atoms with Gasteiger partial charge in [0.25, 0.3) is 11.8 Å². The molecule has 124 valence electrons. The van der Waals surface area contributed by atoms with Crippen molar-refractivity contribution in [3.63, 3.8) is 0 Å².